The molecule has 0 amide bonds. The highest BCUT2D eigenvalue weighted by atomic mass is 35.5. The van der Waals surface area contributed by atoms with Crippen molar-refractivity contribution in [3.8, 4) is 22.9 Å². The average molecular weight is 393 g/mol. The largest absolute Gasteiger partial charge is 0.497 e. The molecule has 28 heavy (non-hydrogen) atoms. The van der Waals surface area contributed by atoms with Gasteiger partial charge in [-0.05, 0) is 67.1 Å². The molecule has 142 valence electrons. The van der Waals surface area contributed by atoms with Crippen LogP contribution in [0.15, 0.2) is 72.8 Å². The lowest BCUT2D eigenvalue weighted by Gasteiger charge is -2.11. The molecule has 0 aliphatic carbocycles. The van der Waals surface area contributed by atoms with Crippen molar-refractivity contribution in [2.45, 2.75) is 13.0 Å². The lowest BCUT2D eigenvalue weighted by atomic mass is 10.2. The van der Waals surface area contributed by atoms with Crippen LogP contribution in [0.25, 0.3) is 22.4 Å². The number of methoxy groups -OCH3 is 1. The topological polar surface area (TPSA) is 36.3 Å². The molecule has 0 aliphatic rings. The summed E-state index contributed by atoms with van der Waals surface area (Å²) in [6.45, 7) is 1.44. The van der Waals surface area contributed by atoms with Gasteiger partial charge in [-0.15, -0.1) is 0 Å². The summed E-state index contributed by atoms with van der Waals surface area (Å²) in [6.07, 6.45) is 0.867. The van der Waals surface area contributed by atoms with E-state index in [2.05, 4.69) is 10.6 Å². The molecule has 1 heterocycles. The van der Waals surface area contributed by atoms with Gasteiger partial charge in [-0.25, -0.2) is 4.98 Å². The first kappa shape index (κ1) is 18.4. The molecule has 0 spiro atoms. The molecule has 0 unspecified atom stereocenters. The van der Waals surface area contributed by atoms with Gasteiger partial charge in [0.15, 0.2) is 0 Å². The molecule has 4 rings (SSSR count). The summed E-state index contributed by atoms with van der Waals surface area (Å²) in [5, 5.41) is 0.710. The fourth-order valence-electron chi connectivity index (χ4n) is 3.21. The van der Waals surface area contributed by atoms with Crippen molar-refractivity contribution in [1.82, 2.24) is 9.55 Å². The first-order chi connectivity index (χ1) is 13.7. The molecule has 1 aromatic heterocycles. The molecule has 4 nitrogen and oxygen atoms in total. The Kier molecular flexibility index (Phi) is 5.49. The van der Waals surface area contributed by atoms with E-state index in [0.29, 0.717) is 11.6 Å². The Hall–Kier alpha value is -2.98. The summed E-state index contributed by atoms with van der Waals surface area (Å²) < 4.78 is 13.4. The molecular formula is C23H21ClN2O2. The number of benzene rings is 3. The minimum atomic E-state index is 0.621. The van der Waals surface area contributed by atoms with Crippen LogP contribution < -0.4 is 9.47 Å². The van der Waals surface area contributed by atoms with Crippen molar-refractivity contribution in [3.63, 3.8) is 0 Å². The van der Waals surface area contributed by atoms with E-state index >= 15 is 0 Å². The van der Waals surface area contributed by atoms with Crippen molar-refractivity contribution in [2.24, 2.45) is 0 Å². The van der Waals surface area contributed by atoms with Gasteiger partial charge in [-0.3, -0.25) is 0 Å². The Morgan fingerprint density at radius 2 is 1.61 bits per heavy atom. The monoisotopic (exact) mass is 392 g/mol. The number of nitrogens with zero attached hydrogens (tertiary/aromatic N) is 2. The molecule has 0 N–H and O–H groups in total. The van der Waals surface area contributed by atoms with E-state index in [1.165, 1.54) is 0 Å². The second kappa shape index (κ2) is 8.36. The zero-order valence-corrected chi connectivity index (χ0v) is 16.4. The lowest BCUT2D eigenvalue weighted by molar-refractivity contribution is 0.303. The molecule has 0 aliphatic heterocycles. The van der Waals surface area contributed by atoms with E-state index in [1.807, 2.05) is 66.7 Å². The van der Waals surface area contributed by atoms with Gasteiger partial charge in [0.05, 0.1) is 24.8 Å². The Bertz CT molecular complexity index is 1060. The lowest BCUT2D eigenvalue weighted by Crippen LogP contribution is -2.06. The zero-order valence-electron chi connectivity index (χ0n) is 15.6. The molecule has 0 fully saturated rings. The summed E-state index contributed by atoms with van der Waals surface area (Å²) in [4.78, 5) is 4.85. The minimum Gasteiger partial charge on any atom is -0.497 e. The van der Waals surface area contributed by atoms with Crippen LogP contribution in [0.3, 0.4) is 0 Å². The SMILES string of the molecule is COc1ccc(-c2nc3ccccc3n2CCCOc2ccc(Cl)cc2)cc1. The number of halogens is 1. The van der Waals surface area contributed by atoms with E-state index < -0.39 is 0 Å². The van der Waals surface area contributed by atoms with E-state index in [0.717, 1.165) is 46.9 Å². The summed E-state index contributed by atoms with van der Waals surface area (Å²) >= 11 is 5.92. The van der Waals surface area contributed by atoms with Crippen LogP contribution in [0.5, 0.6) is 11.5 Å². The first-order valence-corrected chi connectivity index (χ1v) is 9.60. The third-order valence-corrected chi connectivity index (χ3v) is 4.86. The molecule has 0 radical (unpaired) electrons. The predicted octanol–water partition coefficient (Wildman–Crippen LogP) is 5.83. The molecular weight excluding hydrogens is 372 g/mol. The summed E-state index contributed by atoms with van der Waals surface area (Å²) in [6, 6.07) is 23.7. The van der Waals surface area contributed by atoms with Crippen LogP contribution in [0.2, 0.25) is 5.02 Å². The normalized spacial score (nSPS) is 10.9. The van der Waals surface area contributed by atoms with E-state index in [9.17, 15) is 0 Å². The van der Waals surface area contributed by atoms with Crippen LogP contribution >= 0.6 is 11.6 Å². The molecule has 3 aromatic carbocycles. The van der Waals surface area contributed by atoms with Gasteiger partial charge in [0.1, 0.15) is 17.3 Å². The Morgan fingerprint density at radius 1 is 0.893 bits per heavy atom. The number of imidazole rings is 1. The highest BCUT2D eigenvalue weighted by Crippen LogP contribution is 2.27. The second-order valence-corrected chi connectivity index (χ2v) is 6.90. The second-order valence-electron chi connectivity index (χ2n) is 6.46. The molecule has 0 bridgehead atoms. The van der Waals surface area contributed by atoms with Crippen LogP contribution in [0.4, 0.5) is 0 Å². The average Bonchev–Trinajstić information content (AvgIpc) is 3.11. The van der Waals surface area contributed by atoms with Gasteiger partial charge in [-0.1, -0.05) is 23.7 Å². The Morgan fingerprint density at radius 3 is 2.36 bits per heavy atom. The zero-order chi connectivity index (χ0) is 19.3. The van der Waals surface area contributed by atoms with Crippen LogP contribution in [-0.2, 0) is 6.54 Å². The highest BCUT2D eigenvalue weighted by Gasteiger charge is 2.12. The van der Waals surface area contributed by atoms with E-state index in [1.54, 1.807) is 7.11 Å². The molecule has 0 saturated heterocycles. The molecule has 5 heteroatoms. The van der Waals surface area contributed by atoms with Crippen LogP contribution in [0.1, 0.15) is 6.42 Å². The number of ether oxygens (including phenoxy) is 2. The summed E-state index contributed by atoms with van der Waals surface area (Å²) in [5.41, 5.74) is 3.18. The minimum absolute atomic E-state index is 0.621. The molecule has 0 saturated carbocycles. The maximum atomic E-state index is 5.92. The number of rotatable bonds is 7. The van der Waals surface area contributed by atoms with Gasteiger partial charge in [-0.2, -0.15) is 0 Å². The first-order valence-electron chi connectivity index (χ1n) is 9.22. The fourth-order valence-corrected chi connectivity index (χ4v) is 3.33. The fraction of sp³-hybridized carbons (Fsp3) is 0.174. The third-order valence-electron chi connectivity index (χ3n) is 4.61. The summed E-state index contributed by atoms with van der Waals surface area (Å²) in [5.74, 6) is 2.62. The highest BCUT2D eigenvalue weighted by molar-refractivity contribution is 6.30. The van der Waals surface area contributed by atoms with Gasteiger partial charge in [0.25, 0.3) is 0 Å². The molecule has 4 aromatic rings. The number of para-hydroxylation sites is 2. The summed E-state index contributed by atoms with van der Waals surface area (Å²) in [7, 11) is 1.67. The van der Waals surface area contributed by atoms with Gasteiger partial charge < -0.3 is 14.0 Å². The maximum Gasteiger partial charge on any atom is 0.141 e. The smallest absolute Gasteiger partial charge is 0.141 e. The molecule has 0 atom stereocenters. The van der Waals surface area contributed by atoms with Crippen molar-refractivity contribution >= 4 is 22.6 Å². The van der Waals surface area contributed by atoms with Crippen molar-refractivity contribution in [2.75, 3.05) is 13.7 Å². The number of aromatic nitrogens is 2. The number of hydrogen-bond acceptors (Lipinski definition) is 3. The Labute approximate surface area is 169 Å². The predicted molar refractivity (Wildman–Crippen MR) is 113 cm³/mol. The van der Waals surface area contributed by atoms with Crippen molar-refractivity contribution < 1.29 is 9.47 Å². The third kappa shape index (κ3) is 3.97. The standard InChI is InChI=1S/C23H21ClN2O2/c1-27-19-11-7-17(8-12-19)23-25-21-5-2-3-6-22(21)26(23)15-4-16-28-20-13-9-18(24)10-14-20/h2-3,5-14H,4,15-16H2,1H3. The number of fused-ring (bicyclic) bond motifs is 1. The quantitative estimate of drug-likeness (QED) is 0.371. The van der Waals surface area contributed by atoms with Crippen molar-refractivity contribution in [3.05, 3.63) is 77.8 Å². The van der Waals surface area contributed by atoms with Crippen LogP contribution in [-0.4, -0.2) is 23.3 Å². The van der Waals surface area contributed by atoms with Gasteiger partial charge in [0, 0.05) is 17.1 Å². The maximum absolute atomic E-state index is 5.92. The van der Waals surface area contributed by atoms with Gasteiger partial charge in [0.2, 0.25) is 0 Å². The van der Waals surface area contributed by atoms with E-state index in [4.69, 9.17) is 26.1 Å². The van der Waals surface area contributed by atoms with E-state index in [-0.39, 0.29) is 0 Å². The van der Waals surface area contributed by atoms with Gasteiger partial charge >= 0.3 is 0 Å². The van der Waals surface area contributed by atoms with Crippen molar-refractivity contribution in [1.29, 1.82) is 0 Å². The number of hydrogen-bond donors (Lipinski definition) is 0. The Balaban J connectivity index is 1.53. The van der Waals surface area contributed by atoms with Crippen LogP contribution in [0, 0.1) is 0 Å². The number of aryl methyl sites for hydroxylation is 1.